The summed E-state index contributed by atoms with van der Waals surface area (Å²) in [5, 5.41) is 0. The molecule has 0 spiro atoms. The first-order chi connectivity index (χ1) is 7.99. The highest BCUT2D eigenvalue weighted by molar-refractivity contribution is 4.98. The maximum atomic E-state index is 6.17. The Balaban J connectivity index is 2.07. The third kappa shape index (κ3) is 2.68. The summed E-state index contributed by atoms with van der Waals surface area (Å²) in [4.78, 5) is 2.65. The Labute approximate surface area is 107 Å². The van der Waals surface area contributed by atoms with E-state index in [1.807, 2.05) is 0 Å². The molecule has 2 saturated carbocycles. The molecule has 0 aromatic carbocycles. The largest absolute Gasteiger partial charge is 0.329 e. The molecule has 2 aliphatic carbocycles. The second kappa shape index (κ2) is 4.89. The van der Waals surface area contributed by atoms with E-state index in [0.717, 1.165) is 12.6 Å². The van der Waals surface area contributed by atoms with Crippen LogP contribution in [-0.4, -0.2) is 30.1 Å². The van der Waals surface area contributed by atoms with Crippen molar-refractivity contribution < 1.29 is 0 Å². The Kier molecular flexibility index (Phi) is 3.84. The molecule has 0 radical (unpaired) electrons. The molecule has 2 heteroatoms. The van der Waals surface area contributed by atoms with Gasteiger partial charge in [-0.1, -0.05) is 26.7 Å². The van der Waals surface area contributed by atoms with Crippen molar-refractivity contribution in [2.24, 2.45) is 11.1 Å². The summed E-state index contributed by atoms with van der Waals surface area (Å²) in [5.41, 5.74) is 7.00. The smallest absolute Gasteiger partial charge is 0.0331 e. The highest BCUT2D eigenvalue weighted by Crippen LogP contribution is 2.42. The quantitative estimate of drug-likeness (QED) is 0.765. The van der Waals surface area contributed by atoms with E-state index in [4.69, 9.17) is 5.73 Å². The third-order valence-corrected chi connectivity index (χ3v) is 5.51. The molecule has 0 bridgehead atoms. The highest BCUT2D eigenvalue weighted by Gasteiger charge is 2.41. The average Bonchev–Trinajstić information content (AvgIpc) is 2.35. The third-order valence-electron chi connectivity index (χ3n) is 5.51. The minimum absolute atomic E-state index is 0.304. The molecule has 2 nitrogen and oxygen atoms in total. The van der Waals surface area contributed by atoms with E-state index in [0.29, 0.717) is 11.0 Å². The van der Waals surface area contributed by atoms with Gasteiger partial charge in [0.25, 0.3) is 0 Å². The minimum atomic E-state index is 0.304. The van der Waals surface area contributed by atoms with Gasteiger partial charge in [-0.3, -0.25) is 4.90 Å². The molecule has 17 heavy (non-hydrogen) atoms. The fourth-order valence-corrected chi connectivity index (χ4v) is 3.58. The van der Waals surface area contributed by atoms with Gasteiger partial charge in [0.05, 0.1) is 0 Å². The zero-order valence-corrected chi connectivity index (χ0v) is 12.0. The van der Waals surface area contributed by atoms with E-state index in [9.17, 15) is 0 Å². The van der Waals surface area contributed by atoms with Crippen LogP contribution in [0.4, 0.5) is 0 Å². The molecule has 1 unspecified atom stereocenters. The van der Waals surface area contributed by atoms with E-state index in [1.165, 1.54) is 51.4 Å². The molecule has 2 rings (SSSR count). The topological polar surface area (TPSA) is 29.3 Å². The van der Waals surface area contributed by atoms with Crippen LogP contribution in [0, 0.1) is 5.41 Å². The summed E-state index contributed by atoms with van der Waals surface area (Å²) in [7, 11) is 2.33. The van der Waals surface area contributed by atoms with Gasteiger partial charge in [-0.05, 0) is 51.0 Å². The summed E-state index contributed by atoms with van der Waals surface area (Å²) in [6.45, 7) is 5.68. The van der Waals surface area contributed by atoms with Gasteiger partial charge < -0.3 is 5.73 Å². The van der Waals surface area contributed by atoms with Gasteiger partial charge in [-0.15, -0.1) is 0 Å². The molecule has 2 aliphatic rings. The molecule has 0 aliphatic heterocycles. The normalized spacial score (nSPS) is 34.4. The Morgan fingerprint density at radius 2 is 1.76 bits per heavy atom. The maximum absolute atomic E-state index is 6.17. The fourth-order valence-electron chi connectivity index (χ4n) is 3.58. The van der Waals surface area contributed by atoms with Gasteiger partial charge in [-0.25, -0.2) is 0 Å². The van der Waals surface area contributed by atoms with Crippen LogP contribution in [0.1, 0.15) is 65.2 Å². The van der Waals surface area contributed by atoms with Gasteiger partial charge in [0.15, 0.2) is 0 Å². The highest BCUT2D eigenvalue weighted by atomic mass is 15.2. The van der Waals surface area contributed by atoms with Crippen molar-refractivity contribution in [1.82, 2.24) is 4.90 Å². The number of likely N-dealkylation sites (N-methyl/N-ethyl adjacent to an activating group) is 1. The van der Waals surface area contributed by atoms with Crippen LogP contribution in [0.5, 0.6) is 0 Å². The van der Waals surface area contributed by atoms with Crippen molar-refractivity contribution in [2.45, 2.75) is 76.8 Å². The van der Waals surface area contributed by atoms with Crippen molar-refractivity contribution in [2.75, 3.05) is 13.6 Å². The van der Waals surface area contributed by atoms with Crippen LogP contribution in [-0.2, 0) is 0 Å². The molecule has 1 atom stereocenters. The lowest BCUT2D eigenvalue weighted by molar-refractivity contribution is 0.0254. The zero-order chi connectivity index (χ0) is 12.5. The van der Waals surface area contributed by atoms with Crippen molar-refractivity contribution in [3.05, 3.63) is 0 Å². The second-order valence-electron chi connectivity index (χ2n) is 7.14. The van der Waals surface area contributed by atoms with Crippen LogP contribution in [0.3, 0.4) is 0 Å². The maximum Gasteiger partial charge on any atom is 0.0331 e. The summed E-state index contributed by atoms with van der Waals surface area (Å²) in [6, 6.07) is 0.819. The van der Waals surface area contributed by atoms with Crippen molar-refractivity contribution >= 4 is 0 Å². The van der Waals surface area contributed by atoms with E-state index in [1.54, 1.807) is 0 Å². The first kappa shape index (κ1) is 13.4. The van der Waals surface area contributed by atoms with Crippen LogP contribution >= 0.6 is 0 Å². The predicted octanol–water partition coefficient (Wildman–Crippen LogP) is 3.16. The van der Waals surface area contributed by atoms with Crippen LogP contribution in [0.25, 0.3) is 0 Å². The van der Waals surface area contributed by atoms with Crippen molar-refractivity contribution in [3.8, 4) is 0 Å². The van der Waals surface area contributed by atoms with E-state index < -0.39 is 0 Å². The molecular weight excluding hydrogens is 208 g/mol. The Morgan fingerprint density at radius 1 is 1.06 bits per heavy atom. The average molecular weight is 238 g/mol. The van der Waals surface area contributed by atoms with E-state index in [-0.39, 0.29) is 0 Å². The zero-order valence-electron chi connectivity index (χ0n) is 12.0. The van der Waals surface area contributed by atoms with E-state index in [2.05, 4.69) is 25.8 Å². The molecular formula is C15H30N2. The summed E-state index contributed by atoms with van der Waals surface area (Å²) < 4.78 is 0. The monoisotopic (exact) mass is 238 g/mol. The molecule has 0 saturated heterocycles. The standard InChI is InChI=1S/C15H30N2/c1-14(2)8-5-9-15(12-16,11-10-14)17(3)13-6-4-7-13/h13H,4-12,16H2,1-3H3. The summed E-state index contributed by atoms with van der Waals surface area (Å²) in [5.74, 6) is 0. The molecule has 0 amide bonds. The van der Waals surface area contributed by atoms with Gasteiger partial charge in [0.1, 0.15) is 0 Å². The van der Waals surface area contributed by atoms with Crippen molar-refractivity contribution in [1.29, 1.82) is 0 Å². The van der Waals surface area contributed by atoms with Gasteiger partial charge in [-0.2, -0.15) is 0 Å². The molecule has 2 N–H and O–H groups in total. The number of nitrogens with zero attached hydrogens (tertiary/aromatic N) is 1. The molecule has 0 aromatic heterocycles. The second-order valence-corrected chi connectivity index (χ2v) is 7.14. The Hall–Kier alpha value is -0.0800. The molecule has 0 heterocycles. The lowest BCUT2D eigenvalue weighted by atomic mass is 9.80. The number of rotatable bonds is 3. The predicted molar refractivity (Wildman–Crippen MR) is 74.1 cm³/mol. The first-order valence-corrected chi connectivity index (χ1v) is 7.42. The Morgan fingerprint density at radius 3 is 2.29 bits per heavy atom. The lowest BCUT2D eigenvalue weighted by Crippen LogP contribution is -2.57. The van der Waals surface area contributed by atoms with Crippen LogP contribution in [0.2, 0.25) is 0 Å². The lowest BCUT2D eigenvalue weighted by Gasteiger charge is -2.48. The van der Waals surface area contributed by atoms with Gasteiger partial charge in [0, 0.05) is 18.1 Å². The fraction of sp³-hybridized carbons (Fsp3) is 1.00. The van der Waals surface area contributed by atoms with Crippen LogP contribution in [0.15, 0.2) is 0 Å². The first-order valence-electron chi connectivity index (χ1n) is 7.42. The number of hydrogen-bond acceptors (Lipinski definition) is 2. The van der Waals surface area contributed by atoms with E-state index >= 15 is 0 Å². The molecule has 2 fully saturated rings. The summed E-state index contributed by atoms with van der Waals surface area (Å²) in [6.07, 6.45) is 10.9. The van der Waals surface area contributed by atoms with Crippen molar-refractivity contribution in [3.63, 3.8) is 0 Å². The minimum Gasteiger partial charge on any atom is -0.329 e. The summed E-state index contributed by atoms with van der Waals surface area (Å²) >= 11 is 0. The van der Waals surface area contributed by atoms with Gasteiger partial charge >= 0.3 is 0 Å². The van der Waals surface area contributed by atoms with Crippen LogP contribution < -0.4 is 5.73 Å². The molecule has 0 aromatic rings. The van der Waals surface area contributed by atoms with Gasteiger partial charge in [0.2, 0.25) is 0 Å². The Bertz CT molecular complexity index is 258. The SMILES string of the molecule is CN(C1CCC1)C1(CN)CCCC(C)(C)CC1. The number of nitrogens with two attached hydrogens (primary N) is 1. The number of hydrogen-bond donors (Lipinski definition) is 1. The molecule has 100 valence electrons.